The minimum absolute atomic E-state index is 0.0385. The number of piperidine rings is 1. The van der Waals surface area contributed by atoms with Crippen LogP contribution in [0.25, 0.3) is 0 Å². The zero-order valence-electron chi connectivity index (χ0n) is 12.7. The van der Waals surface area contributed by atoms with Crippen LogP contribution >= 0.6 is 0 Å². The van der Waals surface area contributed by atoms with Crippen molar-refractivity contribution in [3.63, 3.8) is 0 Å². The number of hydrogen-bond donors (Lipinski definition) is 2. The Labute approximate surface area is 126 Å². The lowest BCUT2D eigenvalue weighted by Crippen LogP contribution is -2.34. The number of hydrogen-bond acceptors (Lipinski definition) is 4. The molecule has 1 amide bonds. The van der Waals surface area contributed by atoms with Gasteiger partial charge in [0, 0.05) is 18.3 Å². The summed E-state index contributed by atoms with van der Waals surface area (Å²) in [7, 11) is 2.16. The summed E-state index contributed by atoms with van der Waals surface area (Å²) in [5, 5.41) is 2.92. The molecule has 0 aliphatic carbocycles. The number of likely N-dealkylation sites (tertiary alicyclic amines) is 1. The molecule has 1 aliphatic rings. The molecule has 0 atom stereocenters. The summed E-state index contributed by atoms with van der Waals surface area (Å²) in [5.41, 5.74) is 6.29. The van der Waals surface area contributed by atoms with E-state index < -0.39 is 0 Å². The lowest BCUT2D eigenvalue weighted by atomic mass is 9.94. The van der Waals surface area contributed by atoms with Gasteiger partial charge in [0.15, 0.2) is 6.61 Å². The first-order valence-electron chi connectivity index (χ1n) is 7.57. The Bertz CT molecular complexity index is 457. The van der Waals surface area contributed by atoms with Crippen LogP contribution in [-0.2, 0) is 4.79 Å². The molecule has 1 saturated heterocycles. The van der Waals surface area contributed by atoms with Crippen molar-refractivity contribution in [2.24, 2.45) is 5.92 Å². The van der Waals surface area contributed by atoms with E-state index in [0.717, 1.165) is 32.0 Å². The molecule has 0 bridgehead atoms. The van der Waals surface area contributed by atoms with Gasteiger partial charge in [-0.05, 0) is 57.5 Å². The molecule has 116 valence electrons. The molecule has 1 aliphatic heterocycles. The highest BCUT2D eigenvalue weighted by atomic mass is 16.5. The van der Waals surface area contributed by atoms with E-state index in [2.05, 4.69) is 17.3 Å². The van der Waals surface area contributed by atoms with Crippen LogP contribution in [0.4, 0.5) is 5.69 Å². The lowest BCUT2D eigenvalue weighted by molar-refractivity contribution is -0.123. The van der Waals surface area contributed by atoms with Crippen molar-refractivity contribution >= 4 is 11.6 Å². The second-order valence-corrected chi connectivity index (χ2v) is 5.75. The molecule has 1 heterocycles. The van der Waals surface area contributed by atoms with Crippen LogP contribution in [0.2, 0.25) is 0 Å². The van der Waals surface area contributed by atoms with Crippen molar-refractivity contribution in [1.82, 2.24) is 10.2 Å². The molecule has 0 radical (unpaired) electrons. The van der Waals surface area contributed by atoms with Crippen LogP contribution in [-0.4, -0.2) is 44.1 Å². The van der Waals surface area contributed by atoms with Crippen molar-refractivity contribution < 1.29 is 9.53 Å². The molecule has 5 nitrogen and oxygen atoms in total. The fourth-order valence-corrected chi connectivity index (χ4v) is 2.57. The highest BCUT2D eigenvalue weighted by Gasteiger charge is 2.16. The van der Waals surface area contributed by atoms with Gasteiger partial charge in [-0.1, -0.05) is 6.07 Å². The molecule has 1 fully saturated rings. The maximum absolute atomic E-state index is 11.7. The van der Waals surface area contributed by atoms with E-state index in [-0.39, 0.29) is 12.5 Å². The second kappa shape index (κ2) is 7.88. The number of nitrogens with zero attached hydrogens (tertiary/aromatic N) is 1. The molecular formula is C16H25N3O2. The number of nitrogen functional groups attached to an aromatic ring is 1. The molecule has 1 aromatic carbocycles. The third kappa shape index (κ3) is 5.63. The minimum Gasteiger partial charge on any atom is -0.484 e. The molecule has 1 aromatic rings. The van der Waals surface area contributed by atoms with E-state index >= 15 is 0 Å². The highest BCUT2D eigenvalue weighted by Crippen LogP contribution is 2.18. The number of nitrogens with one attached hydrogen (secondary N) is 1. The average molecular weight is 291 g/mol. The monoisotopic (exact) mass is 291 g/mol. The van der Waals surface area contributed by atoms with Crippen molar-refractivity contribution in [1.29, 1.82) is 0 Å². The van der Waals surface area contributed by atoms with Gasteiger partial charge < -0.3 is 20.7 Å². The van der Waals surface area contributed by atoms with Gasteiger partial charge in [0.1, 0.15) is 5.75 Å². The van der Waals surface area contributed by atoms with Gasteiger partial charge in [-0.3, -0.25) is 4.79 Å². The largest absolute Gasteiger partial charge is 0.484 e. The maximum Gasteiger partial charge on any atom is 0.257 e. The lowest BCUT2D eigenvalue weighted by Gasteiger charge is -2.28. The number of benzene rings is 1. The van der Waals surface area contributed by atoms with Crippen LogP contribution in [0.3, 0.4) is 0 Å². The number of anilines is 1. The molecule has 0 unspecified atom stereocenters. The average Bonchev–Trinajstić information content (AvgIpc) is 2.47. The summed E-state index contributed by atoms with van der Waals surface area (Å²) >= 11 is 0. The van der Waals surface area contributed by atoms with Crippen LogP contribution in [0.1, 0.15) is 19.3 Å². The number of rotatable bonds is 6. The first-order chi connectivity index (χ1) is 10.1. The molecular weight excluding hydrogens is 266 g/mol. The van der Waals surface area contributed by atoms with Gasteiger partial charge in [-0.2, -0.15) is 0 Å². The fraction of sp³-hybridized carbons (Fsp3) is 0.562. The summed E-state index contributed by atoms with van der Waals surface area (Å²) in [6, 6.07) is 7.10. The van der Waals surface area contributed by atoms with Gasteiger partial charge >= 0.3 is 0 Å². The summed E-state index contributed by atoms with van der Waals surface area (Å²) in [6.45, 7) is 3.10. The zero-order chi connectivity index (χ0) is 15.1. The number of carbonyl (C=O) groups excluding carboxylic acids is 1. The Morgan fingerprint density at radius 3 is 2.90 bits per heavy atom. The summed E-state index contributed by atoms with van der Waals surface area (Å²) in [6.07, 6.45) is 3.51. The van der Waals surface area contributed by atoms with E-state index in [1.165, 1.54) is 12.8 Å². The SMILES string of the molecule is CN1CCC(CCNC(=O)COc2cccc(N)c2)CC1. The topological polar surface area (TPSA) is 67.6 Å². The Morgan fingerprint density at radius 1 is 1.43 bits per heavy atom. The number of ether oxygens (including phenoxy) is 1. The van der Waals surface area contributed by atoms with Crippen molar-refractivity contribution in [2.45, 2.75) is 19.3 Å². The molecule has 2 rings (SSSR count). The number of amides is 1. The smallest absolute Gasteiger partial charge is 0.257 e. The third-order valence-corrected chi connectivity index (χ3v) is 3.94. The standard InChI is InChI=1S/C16H25N3O2/c1-19-9-6-13(7-10-19)5-8-18-16(20)12-21-15-4-2-3-14(17)11-15/h2-4,11,13H,5-10,12,17H2,1H3,(H,18,20). The van der Waals surface area contributed by atoms with Gasteiger partial charge in [-0.25, -0.2) is 0 Å². The molecule has 0 aromatic heterocycles. The molecule has 0 saturated carbocycles. The normalized spacial score (nSPS) is 16.6. The van der Waals surface area contributed by atoms with Crippen LogP contribution < -0.4 is 15.8 Å². The van der Waals surface area contributed by atoms with E-state index in [0.29, 0.717) is 11.4 Å². The van der Waals surface area contributed by atoms with Gasteiger partial charge in [0.05, 0.1) is 0 Å². The van der Waals surface area contributed by atoms with Crippen molar-refractivity contribution in [3.8, 4) is 5.75 Å². The highest BCUT2D eigenvalue weighted by molar-refractivity contribution is 5.77. The van der Waals surface area contributed by atoms with Crippen LogP contribution in [0.15, 0.2) is 24.3 Å². The van der Waals surface area contributed by atoms with E-state index in [9.17, 15) is 4.79 Å². The van der Waals surface area contributed by atoms with Crippen molar-refractivity contribution in [2.75, 3.05) is 39.0 Å². The Balaban J connectivity index is 1.59. The van der Waals surface area contributed by atoms with Crippen molar-refractivity contribution in [3.05, 3.63) is 24.3 Å². The number of carbonyl (C=O) groups is 1. The summed E-state index contributed by atoms with van der Waals surface area (Å²) < 4.78 is 5.41. The Morgan fingerprint density at radius 2 is 2.19 bits per heavy atom. The van der Waals surface area contributed by atoms with E-state index in [4.69, 9.17) is 10.5 Å². The zero-order valence-corrected chi connectivity index (χ0v) is 12.7. The predicted molar refractivity (Wildman–Crippen MR) is 84.2 cm³/mol. The molecule has 0 spiro atoms. The number of nitrogens with two attached hydrogens (primary N) is 1. The third-order valence-electron chi connectivity index (χ3n) is 3.94. The molecule has 5 heteroatoms. The van der Waals surface area contributed by atoms with Crippen LogP contribution in [0.5, 0.6) is 5.75 Å². The van der Waals surface area contributed by atoms with Gasteiger partial charge in [-0.15, -0.1) is 0 Å². The van der Waals surface area contributed by atoms with E-state index in [1.807, 2.05) is 6.07 Å². The molecule has 3 N–H and O–H groups in total. The van der Waals surface area contributed by atoms with Crippen LogP contribution in [0, 0.1) is 5.92 Å². The predicted octanol–water partition coefficient (Wildman–Crippen LogP) is 1.50. The second-order valence-electron chi connectivity index (χ2n) is 5.75. The first-order valence-corrected chi connectivity index (χ1v) is 7.57. The summed E-state index contributed by atoms with van der Waals surface area (Å²) in [5.74, 6) is 1.28. The fourth-order valence-electron chi connectivity index (χ4n) is 2.57. The maximum atomic E-state index is 11.7. The minimum atomic E-state index is -0.0784. The Kier molecular flexibility index (Phi) is 5.87. The quantitative estimate of drug-likeness (QED) is 0.779. The Hall–Kier alpha value is -1.75. The van der Waals surface area contributed by atoms with Gasteiger partial charge in [0.25, 0.3) is 5.91 Å². The van der Waals surface area contributed by atoms with Gasteiger partial charge in [0.2, 0.25) is 0 Å². The molecule has 21 heavy (non-hydrogen) atoms. The first kappa shape index (κ1) is 15.6. The van der Waals surface area contributed by atoms with E-state index in [1.54, 1.807) is 18.2 Å². The summed E-state index contributed by atoms with van der Waals surface area (Å²) in [4.78, 5) is 14.1.